The maximum absolute atomic E-state index is 12.1. The van der Waals surface area contributed by atoms with Gasteiger partial charge in [0.1, 0.15) is 0 Å². The Morgan fingerprint density at radius 2 is 2.12 bits per heavy atom. The molecule has 2 aliphatic heterocycles. The van der Waals surface area contributed by atoms with Gasteiger partial charge in [-0.1, -0.05) is 12.8 Å². The normalized spacial score (nSPS) is 29.0. The molecule has 3 nitrogen and oxygen atoms in total. The third kappa shape index (κ3) is 2.20. The van der Waals surface area contributed by atoms with Crippen LogP contribution in [-0.2, 0) is 9.53 Å². The van der Waals surface area contributed by atoms with Gasteiger partial charge in [0.2, 0.25) is 0 Å². The molecule has 1 saturated heterocycles. The molecule has 1 fully saturated rings. The van der Waals surface area contributed by atoms with E-state index >= 15 is 0 Å². The third-order valence-electron chi connectivity index (χ3n) is 4.19. The van der Waals surface area contributed by atoms with Crippen LogP contribution in [0.1, 0.15) is 46.5 Å². The first-order valence-corrected chi connectivity index (χ1v) is 6.77. The predicted molar refractivity (Wildman–Crippen MR) is 67.5 cm³/mol. The maximum atomic E-state index is 12.1. The number of ether oxygens (including phenoxy) is 1. The molecule has 3 heteroatoms. The Balaban J connectivity index is 2.22. The summed E-state index contributed by atoms with van der Waals surface area (Å²) in [4.78, 5) is 14.5. The molecule has 2 atom stereocenters. The minimum absolute atomic E-state index is 0.0203. The SMILES string of the molecule is CCOC(=O)C1C(C)=C(C)N2CCCCCC12. The van der Waals surface area contributed by atoms with Crippen LogP contribution in [0.15, 0.2) is 11.3 Å². The summed E-state index contributed by atoms with van der Waals surface area (Å²) >= 11 is 0. The van der Waals surface area contributed by atoms with E-state index in [4.69, 9.17) is 4.74 Å². The zero-order valence-electron chi connectivity index (χ0n) is 11.2. The molecule has 2 aliphatic rings. The highest BCUT2D eigenvalue weighted by atomic mass is 16.5. The smallest absolute Gasteiger partial charge is 0.315 e. The molecule has 0 aromatic heterocycles. The van der Waals surface area contributed by atoms with Crippen molar-refractivity contribution < 1.29 is 9.53 Å². The van der Waals surface area contributed by atoms with Crippen LogP contribution in [0.2, 0.25) is 0 Å². The Kier molecular flexibility index (Phi) is 3.75. The second-order valence-electron chi connectivity index (χ2n) is 5.11. The highest BCUT2D eigenvalue weighted by molar-refractivity contribution is 5.77. The van der Waals surface area contributed by atoms with Crippen molar-refractivity contribution in [3.05, 3.63) is 11.3 Å². The molecule has 0 spiro atoms. The summed E-state index contributed by atoms with van der Waals surface area (Å²) < 4.78 is 5.23. The Hall–Kier alpha value is -0.990. The van der Waals surface area contributed by atoms with Gasteiger partial charge in [-0.15, -0.1) is 0 Å². The van der Waals surface area contributed by atoms with Crippen LogP contribution in [0.3, 0.4) is 0 Å². The molecule has 0 bridgehead atoms. The van der Waals surface area contributed by atoms with Crippen LogP contribution in [-0.4, -0.2) is 30.1 Å². The largest absolute Gasteiger partial charge is 0.465 e. The van der Waals surface area contributed by atoms with Crippen LogP contribution < -0.4 is 0 Å². The van der Waals surface area contributed by atoms with E-state index in [-0.39, 0.29) is 11.9 Å². The Labute approximate surface area is 104 Å². The molecule has 2 unspecified atom stereocenters. The van der Waals surface area contributed by atoms with Gasteiger partial charge in [0.15, 0.2) is 0 Å². The first-order valence-electron chi connectivity index (χ1n) is 6.77. The van der Waals surface area contributed by atoms with Crippen molar-refractivity contribution in [1.82, 2.24) is 4.90 Å². The highest BCUT2D eigenvalue weighted by Gasteiger charge is 2.42. The number of nitrogens with zero attached hydrogens (tertiary/aromatic N) is 1. The summed E-state index contributed by atoms with van der Waals surface area (Å²) in [6, 6.07) is 0.358. The van der Waals surface area contributed by atoms with E-state index < -0.39 is 0 Å². The lowest BCUT2D eigenvalue weighted by atomic mass is 9.92. The van der Waals surface area contributed by atoms with Gasteiger partial charge in [-0.3, -0.25) is 4.79 Å². The number of allylic oxidation sites excluding steroid dienone is 1. The van der Waals surface area contributed by atoms with E-state index in [0.29, 0.717) is 12.6 Å². The summed E-state index contributed by atoms with van der Waals surface area (Å²) in [6.07, 6.45) is 4.89. The standard InChI is InChI=1S/C14H23NO2/c1-4-17-14(16)13-10(2)11(3)15-9-7-5-6-8-12(13)15/h12-13H,4-9H2,1-3H3. The van der Waals surface area contributed by atoms with E-state index in [1.807, 2.05) is 6.92 Å². The number of hydrogen-bond donors (Lipinski definition) is 0. The molecule has 2 rings (SSSR count). The topological polar surface area (TPSA) is 29.5 Å². The maximum Gasteiger partial charge on any atom is 0.315 e. The number of fused-ring (bicyclic) bond motifs is 1. The molecule has 0 radical (unpaired) electrons. The molecule has 96 valence electrons. The average molecular weight is 237 g/mol. The van der Waals surface area contributed by atoms with E-state index in [0.717, 1.165) is 13.0 Å². The predicted octanol–water partition coefficient (Wildman–Crippen LogP) is 2.72. The van der Waals surface area contributed by atoms with Crippen molar-refractivity contribution >= 4 is 5.97 Å². The Bertz CT molecular complexity index is 335. The molecular formula is C14H23NO2. The van der Waals surface area contributed by atoms with Gasteiger partial charge in [-0.2, -0.15) is 0 Å². The van der Waals surface area contributed by atoms with Crippen LogP contribution in [0.5, 0.6) is 0 Å². The molecule has 2 heterocycles. The quantitative estimate of drug-likeness (QED) is 0.692. The van der Waals surface area contributed by atoms with Gasteiger partial charge in [-0.05, 0) is 39.2 Å². The lowest BCUT2D eigenvalue weighted by Crippen LogP contribution is -2.37. The fourth-order valence-corrected chi connectivity index (χ4v) is 3.20. The molecule has 0 aromatic carbocycles. The third-order valence-corrected chi connectivity index (χ3v) is 4.19. The second-order valence-corrected chi connectivity index (χ2v) is 5.11. The molecule has 0 N–H and O–H groups in total. The van der Waals surface area contributed by atoms with Crippen LogP contribution in [0.4, 0.5) is 0 Å². The van der Waals surface area contributed by atoms with E-state index in [1.165, 1.54) is 30.5 Å². The first-order chi connectivity index (χ1) is 8.16. The van der Waals surface area contributed by atoms with E-state index in [1.54, 1.807) is 0 Å². The van der Waals surface area contributed by atoms with Gasteiger partial charge in [-0.25, -0.2) is 0 Å². The number of rotatable bonds is 2. The lowest BCUT2D eigenvalue weighted by Gasteiger charge is -2.29. The molecule has 0 saturated carbocycles. The van der Waals surface area contributed by atoms with Crippen molar-refractivity contribution in [2.75, 3.05) is 13.2 Å². The Morgan fingerprint density at radius 3 is 2.82 bits per heavy atom. The first kappa shape index (κ1) is 12.5. The van der Waals surface area contributed by atoms with Crippen molar-refractivity contribution in [3.8, 4) is 0 Å². The molecule has 17 heavy (non-hydrogen) atoms. The summed E-state index contributed by atoms with van der Waals surface area (Å²) in [6.45, 7) is 7.69. The minimum atomic E-state index is -0.0289. The van der Waals surface area contributed by atoms with Crippen LogP contribution >= 0.6 is 0 Å². The number of hydrogen-bond acceptors (Lipinski definition) is 3. The highest BCUT2D eigenvalue weighted by Crippen LogP contribution is 2.38. The minimum Gasteiger partial charge on any atom is -0.465 e. The van der Waals surface area contributed by atoms with Crippen molar-refractivity contribution in [2.45, 2.75) is 52.5 Å². The molecular weight excluding hydrogens is 214 g/mol. The summed E-state index contributed by atoms with van der Waals surface area (Å²) in [5, 5.41) is 0. The zero-order chi connectivity index (χ0) is 12.4. The van der Waals surface area contributed by atoms with Crippen LogP contribution in [0, 0.1) is 5.92 Å². The van der Waals surface area contributed by atoms with Gasteiger partial charge >= 0.3 is 5.97 Å². The molecule has 0 aliphatic carbocycles. The zero-order valence-corrected chi connectivity index (χ0v) is 11.2. The summed E-state index contributed by atoms with van der Waals surface area (Å²) in [5.41, 5.74) is 2.52. The van der Waals surface area contributed by atoms with E-state index in [9.17, 15) is 4.79 Å². The van der Waals surface area contributed by atoms with Gasteiger partial charge in [0.25, 0.3) is 0 Å². The van der Waals surface area contributed by atoms with Gasteiger partial charge in [0.05, 0.1) is 12.5 Å². The number of carbonyl (C=O) groups excluding carboxylic acids is 1. The fourth-order valence-electron chi connectivity index (χ4n) is 3.20. The van der Waals surface area contributed by atoms with E-state index in [2.05, 4.69) is 18.7 Å². The van der Waals surface area contributed by atoms with Gasteiger partial charge < -0.3 is 9.64 Å². The lowest BCUT2D eigenvalue weighted by molar-refractivity contribution is -0.147. The summed E-state index contributed by atoms with van der Waals surface area (Å²) in [5.74, 6) is -0.0493. The molecule has 0 amide bonds. The van der Waals surface area contributed by atoms with Gasteiger partial charge in [0, 0.05) is 18.3 Å². The van der Waals surface area contributed by atoms with Crippen molar-refractivity contribution in [2.24, 2.45) is 5.92 Å². The summed E-state index contributed by atoms with van der Waals surface area (Å²) in [7, 11) is 0. The molecule has 0 aromatic rings. The van der Waals surface area contributed by atoms with Crippen molar-refractivity contribution in [1.29, 1.82) is 0 Å². The average Bonchev–Trinajstić information content (AvgIpc) is 2.49. The fraction of sp³-hybridized carbons (Fsp3) is 0.786. The number of esters is 1. The van der Waals surface area contributed by atoms with Crippen LogP contribution in [0.25, 0.3) is 0 Å². The van der Waals surface area contributed by atoms with Crippen molar-refractivity contribution in [3.63, 3.8) is 0 Å². The second kappa shape index (κ2) is 5.11. The number of carbonyl (C=O) groups is 1. The monoisotopic (exact) mass is 237 g/mol. The Morgan fingerprint density at radius 1 is 1.35 bits per heavy atom.